The van der Waals surface area contributed by atoms with Crippen LogP contribution in [0.4, 0.5) is 0 Å². The number of nitrogens with zero attached hydrogens (tertiary/aromatic N) is 1. The van der Waals surface area contributed by atoms with Crippen molar-refractivity contribution in [2.24, 2.45) is 0 Å². The molecule has 0 aromatic heterocycles. The van der Waals surface area contributed by atoms with E-state index in [0.717, 1.165) is 19.6 Å². The van der Waals surface area contributed by atoms with Crippen LogP contribution in [0.5, 0.6) is 0 Å². The van der Waals surface area contributed by atoms with Crippen LogP contribution in [0.3, 0.4) is 0 Å². The molecule has 0 amide bonds. The summed E-state index contributed by atoms with van der Waals surface area (Å²) in [6.07, 6.45) is 8.99. The van der Waals surface area contributed by atoms with Crippen molar-refractivity contribution in [3.8, 4) is 0 Å². The van der Waals surface area contributed by atoms with Crippen molar-refractivity contribution in [3.63, 3.8) is 0 Å². The fourth-order valence-corrected chi connectivity index (χ4v) is 2.51. The largest absolute Gasteiger partial charge is 0.388 e. The first-order valence-electron chi connectivity index (χ1n) is 5.78. The second-order valence-electron chi connectivity index (χ2n) is 5.07. The van der Waals surface area contributed by atoms with Crippen LogP contribution in [-0.4, -0.2) is 35.2 Å². The fourth-order valence-electron chi connectivity index (χ4n) is 2.51. The summed E-state index contributed by atoms with van der Waals surface area (Å²) in [5.41, 5.74) is 1.24. The lowest BCUT2D eigenvalue weighted by Crippen LogP contribution is -2.59. The number of aliphatic hydroxyl groups is 1. The molecule has 1 heterocycles. The van der Waals surface area contributed by atoms with E-state index >= 15 is 0 Å². The Morgan fingerprint density at radius 1 is 1.43 bits per heavy atom. The molecular formula is C12H21NO. The molecule has 2 nitrogen and oxygen atoms in total. The van der Waals surface area contributed by atoms with Crippen LogP contribution in [0.2, 0.25) is 0 Å². The van der Waals surface area contributed by atoms with Crippen LogP contribution in [-0.2, 0) is 0 Å². The zero-order valence-corrected chi connectivity index (χ0v) is 9.13. The number of rotatable bonds is 3. The number of β-amino-alcohol motifs (C(OH)–C–C–N with tert-alkyl or cyclic N) is 1. The Balaban J connectivity index is 1.66. The predicted molar refractivity (Wildman–Crippen MR) is 58.2 cm³/mol. The van der Waals surface area contributed by atoms with Gasteiger partial charge in [0.05, 0.1) is 5.60 Å². The summed E-state index contributed by atoms with van der Waals surface area (Å²) in [7, 11) is 0. The molecule has 0 radical (unpaired) electrons. The molecule has 80 valence electrons. The minimum atomic E-state index is -0.402. The molecule has 2 aliphatic rings. The van der Waals surface area contributed by atoms with Crippen LogP contribution in [0.25, 0.3) is 0 Å². The van der Waals surface area contributed by atoms with Crippen LogP contribution in [0.1, 0.15) is 39.0 Å². The number of hydrogen-bond acceptors (Lipinski definition) is 2. The van der Waals surface area contributed by atoms with Crippen molar-refractivity contribution in [3.05, 3.63) is 11.6 Å². The summed E-state index contributed by atoms with van der Waals surface area (Å²) in [5.74, 6) is 0. The number of allylic oxidation sites excluding steroid dienone is 1. The molecule has 0 atom stereocenters. The second kappa shape index (κ2) is 4.03. The quantitative estimate of drug-likeness (QED) is 0.696. The van der Waals surface area contributed by atoms with Gasteiger partial charge in [-0.1, -0.05) is 11.6 Å². The van der Waals surface area contributed by atoms with Gasteiger partial charge in [-0.3, -0.25) is 4.90 Å². The molecule has 2 rings (SSSR count). The Labute approximate surface area is 86.6 Å². The SMILES string of the molecule is CC1(O)CN(CCC2=CCCCC2)C1. The summed E-state index contributed by atoms with van der Waals surface area (Å²) in [5, 5.41) is 9.56. The highest BCUT2D eigenvalue weighted by molar-refractivity contribution is 5.06. The average Bonchev–Trinajstić information content (AvgIpc) is 2.13. The summed E-state index contributed by atoms with van der Waals surface area (Å²) < 4.78 is 0. The van der Waals surface area contributed by atoms with Gasteiger partial charge in [0.15, 0.2) is 0 Å². The number of hydrogen-bond donors (Lipinski definition) is 1. The minimum Gasteiger partial charge on any atom is -0.388 e. The zero-order chi connectivity index (χ0) is 10.0. The average molecular weight is 195 g/mol. The standard InChI is InChI=1S/C12H21NO/c1-12(14)9-13(10-12)8-7-11-5-3-2-4-6-11/h5,14H,2-4,6-10H2,1H3. The monoisotopic (exact) mass is 195 g/mol. The molecule has 1 N–H and O–H groups in total. The molecule has 0 spiro atoms. The van der Waals surface area contributed by atoms with Crippen LogP contribution in [0.15, 0.2) is 11.6 Å². The molecule has 1 aliphatic carbocycles. The van der Waals surface area contributed by atoms with Crippen molar-refractivity contribution in [1.82, 2.24) is 4.90 Å². The first kappa shape index (κ1) is 10.2. The third kappa shape index (κ3) is 2.58. The van der Waals surface area contributed by atoms with E-state index in [1.807, 2.05) is 6.92 Å². The summed E-state index contributed by atoms with van der Waals surface area (Å²) >= 11 is 0. The predicted octanol–water partition coefficient (Wildman–Crippen LogP) is 1.94. The van der Waals surface area contributed by atoms with Crippen molar-refractivity contribution < 1.29 is 5.11 Å². The third-order valence-corrected chi connectivity index (χ3v) is 3.26. The molecule has 0 unspecified atom stereocenters. The minimum absolute atomic E-state index is 0.402. The smallest absolute Gasteiger partial charge is 0.0872 e. The first-order chi connectivity index (χ1) is 6.66. The Kier molecular flexibility index (Phi) is 2.93. The van der Waals surface area contributed by atoms with E-state index in [2.05, 4.69) is 11.0 Å². The van der Waals surface area contributed by atoms with E-state index in [1.165, 1.54) is 32.1 Å². The first-order valence-corrected chi connectivity index (χ1v) is 5.78. The molecule has 1 fully saturated rings. The van der Waals surface area contributed by atoms with E-state index in [4.69, 9.17) is 0 Å². The van der Waals surface area contributed by atoms with Crippen LogP contribution >= 0.6 is 0 Å². The van der Waals surface area contributed by atoms with Gasteiger partial charge in [0.25, 0.3) is 0 Å². The van der Waals surface area contributed by atoms with Gasteiger partial charge in [-0.15, -0.1) is 0 Å². The molecule has 14 heavy (non-hydrogen) atoms. The normalized spacial score (nSPS) is 26.9. The summed E-state index contributed by atoms with van der Waals surface area (Å²) in [4.78, 5) is 2.34. The van der Waals surface area contributed by atoms with Crippen LogP contribution in [0, 0.1) is 0 Å². The van der Waals surface area contributed by atoms with Crippen LogP contribution < -0.4 is 0 Å². The number of likely N-dealkylation sites (tertiary alicyclic amines) is 1. The van der Waals surface area contributed by atoms with E-state index in [-0.39, 0.29) is 0 Å². The van der Waals surface area contributed by atoms with Gasteiger partial charge < -0.3 is 5.11 Å². The highest BCUT2D eigenvalue weighted by Crippen LogP contribution is 2.24. The highest BCUT2D eigenvalue weighted by atomic mass is 16.3. The molecule has 1 saturated heterocycles. The second-order valence-corrected chi connectivity index (χ2v) is 5.07. The Morgan fingerprint density at radius 2 is 2.21 bits per heavy atom. The maximum absolute atomic E-state index is 9.56. The Morgan fingerprint density at radius 3 is 2.79 bits per heavy atom. The molecule has 2 heteroatoms. The van der Waals surface area contributed by atoms with Gasteiger partial charge >= 0.3 is 0 Å². The fraction of sp³-hybridized carbons (Fsp3) is 0.833. The highest BCUT2D eigenvalue weighted by Gasteiger charge is 2.35. The van der Waals surface area contributed by atoms with Crippen molar-refractivity contribution >= 4 is 0 Å². The van der Waals surface area contributed by atoms with Gasteiger partial charge in [0.1, 0.15) is 0 Å². The van der Waals surface area contributed by atoms with Gasteiger partial charge in [0, 0.05) is 19.6 Å². The molecule has 0 saturated carbocycles. The molecule has 0 aromatic rings. The van der Waals surface area contributed by atoms with Gasteiger partial charge in [-0.2, -0.15) is 0 Å². The van der Waals surface area contributed by atoms with Gasteiger partial charge in [0.2, 0.25) is 0 Å². The summed E-state index contributed by atoms with van der Waals surface area (Å²) in [6.45, 7) is 4.78. The van der Waals surface area contributed by atoms with Crippen molar-refractivity contribution in [2.45, 2.75) is 44.6 Å². The van der Waals surface area contributed by atoms with E-state index in [0.29, 0.717) is 0 Å². The molecular weight excluding hydrogens is 174 g/mol. The lowest BCUT2D eigenvalue weighted by molar-refractivity contribution is -0.0824. The maximum Gasteiger partial charge on any atom is 0.0872 e. The van der Waals surface area contributed by atoms with E-state index in [1.54, 1.807) is 5.57 Å². The molecule has 0 bridgehead atoms. The topological polar surface area (TPSA) is 23.5 Å². The third-order valence-electron chi connectivity index (χ3n) is 3.26. The zero-order valence-electron chi connectivity index (χ0n) is 9.13. The summed E-state index contributed by atoms with van der Waals surface area (Å²) in [6, 6.07) is 0. The molecule has 0 aromatic carbocycles. The maximum atomic E-state index is 9.56. The lowest BCUT2D eigenvalue weighted by Gasteiger charge is -2.44. The van der Waals surface area contributed by atoms with Gasteiger partial charge in [-0.05, 0) is 39.0 Å². The van der Waals surface area contributed by atoms with Gasteiger partial charge in [-0.25, -0.2) is 0 Å². The Bertz CT molecular complexity index is 224. The Hall–Kier alpha value is -0.340. The van der Waals surface area contributed by atoms with Crippen molar-refractivity contribution in [1.29, 1.82) is 0 Å². The van der Waals surface area contributed by atoms with Crippen molar-refractivity contribution in [2.75, 3.05) is 19.6 Å². The molecule has 1 aliphatic heterocycles. The lowest BCUT2D eigenvalue weighted by atomic mass is 9.94. The van der Waals surface area contributed by atoms with E-state index < -0.39 is 5.60 Å². The van der Waals surface area contributed by atoms with E-state index in [9.17, 15) is 5.11 Å².